The molecule has 0 saturated heterocycles. The SMILES string of the molecule is C#CC(CC)CCCCC. The first kappa shape index (κ1) is 9.56. The van der Waals surface area contributed by atoms with Gasteiger partial charge in [0.05, 0.1) is 0 Å². The zero-order valence-corrected chi connectivity index (χ0v) is 7.19. The molecular weight excluding hydrogens is 120 g/mol. The summed E-state index contributed by atoms with van der Waals surface area (Å²) in [5, 5.41) is 0. The Kier molecular flexibility index (Phi) is 6.38. The normalized spacial score (nSPS) is 12.5. The van der Waals surface area contributed by atoms with Gasteiger partial charge in [-0.05, 0) is 12.8 Å². The van der Waals surface area contributed by atoms with Crippen LogP contribution in [0.25, 0.3) is 0 Å². The fourth-order valence-corrected chi connectivity index (χ4v) is 1.05. The second-order valence-electron chi connectivity index (χ2n) is 2.77. The van der Waals surface area contributed by atoms with Crippen molar-refractivity contribution >= 4 is 0 Å². The molecule has 0 heteroatoms. The highest BCUT2D eigenvalue weighted by Gasteiger charge is 1.99. The zero-order valence-electron chi connectivity index (χ0n) is 7.19. The van der Waals surface area contributed by atoms with Crippen LogP contribution in [0.5, 0.6) is 0 Å². The average Bonchev–Trinajstić information content (AvgIpc) is 1.99. The topological polar surface area (TPSA) is 0 Å². The van der Waals surface area contributed by atoms with Gasteiger partial charge in [0.2, 0.25) is 0 Å². The van der Waals surface area contributed by atoms with Gasteiger partial charge in [0, 0.05) is 5.92 Å². The summed E-state index contributed by atoms with van der Waals surface area (Å²) in [5.41, 5.74) is 0. The first-order chi connectivity index (χ1) is 4.85. The second kappa shape index (κ2) is 6.68. The summed E-state index contributed by atoms with van der Waals surface area (Å²) in [6, 6.07) is 0. The molecule has 0 amide bonds. The van der Waals surface area contributed by atoms with E-state index in [9.17, 15) is 0 Å². The minimum Gasteiger partial charge on any atom is -0.120 e. The molecule has 0 saturated carbocycles. The molecular formula is C10H18. The number of rotatable bonds is 5. The molecule has 58 valence electrons. The zero-order chi connectivity index (χ0) is 7.82. The maximum Gasteiger partial charge on any atom is 0.0197 e. The van der Waals surface area contributed by atoms with Gasteiger partial charge < -0.3 is 0 Å². The van der Waals surface area contributed by atoms with Crippen molar-refractivity contribution < 1.29 is 0 Å². The largest absolute Gasteiger partial charge is 0.120 e. The third-order valence-electron chi connectivity index (χ3n) is 1.88. The number of unbranched alkanes of at least 4 members (excludes halogenated alkanes) is 2. The van der Waals surface area contributed by atoms with E-state index in [1.54, 1.807) is 0 Å². The van der Waals surface area contributed by atoms with Crippen LogP contribution >= 0.6 is 0 Å². The summed E-state index contributed by atoms with van der Waals surface area (Å²) >= 11 is 0. The number of terminal acetylenes is 1. The molecule has 1 atom stereocenters. The summed E-state index contributed by atoms with van der Waals surface area (Å²) in [4.78, 5) is 0. The molecule has 0 aromatic rings. The lowest BCUT2D eigenvalue weighted by Crippen LogP contribution is -1.93. The molecule has 0 nitrogen and oxygen atoms in total. The van der Waals surface area contributed by atoms with Crippen molar-refractivity contribution in [1.82, 2.24) is 0 Å². The van der Waals surface area contributed by atoms with Crippen LogP contribution in [-0.4, -0.2) is 0 Å². The van der Waals surface area contributed by atoms with E-state index in [0.717, 1.165) is 6.42 Å². The minimum atomic E-state index is 0.534. The minimum absolute atomic E-state index is 0.534. The molecule has 0 aliphatic heterocycles. The maximum atomic E-state index is 5.32. The second-order valence-corrected chi connectivity index (χ2v) is 2.77. The van der Waals surface area contributed by atoms with Gasteiger partial charge in [-0.15, -0.1) is 12.3 Å². The molecule has 0 bridgehead atoms. The van der Waals surface area contributed by atoms with E-state index in [1.165, 1.54) is 25.7 Å². The van der Waals surface area contributed by atoms with Gasteiger partial charge in [-0.25, -0.2) is 0 Å². The van der Waals surface area contributed by atoms with Gasteiger partial charge in [0.1, 0.15) is 0 Å². The standard InChI is InChI=1S/C10H18/c1-4-7-8-9-10(5-2)6-3/h2,10H,4,6-9H2,1,3H3. The Balaban J connectivity index is 3.20. The highest BCUT2D eigenvalue weighted by Crippen LogP contribution is 2.11. The smallest absolute Gasteiger partial charge is 0.0197 e. The van der Waals surface area contributed by atoms with Gasteiger partial charge in [0.25, 0.3) is 0 Å². The molecule has 0 aliphatic rings. The van der Waals surface area contributed by atoms with Crippen LogP contribution in [0, 0.1) is 18.3 Å². The van der Waals surface area contributed by atoms with Crippen molar-refractivity contribution in [1.29, 1.82) is 0 Å². The Bertz CT molecular complexity index is 97.1. The van der Waals surface area contributed by atoms with Crippen LogP contribution in [0.2, 0.25) is 0 Å². The van der Waals surface area contributed by atoms with Crippen molar-refractivity contribution in [2.45, 2.75) is 46.0 Å². The Morgan fingerprint density at radius 3 is 2.40 bits per heavy atom. The summed E-state index contributed by atoms with van der Waals surface area (Å²) in [6.45, 7) is 4.38. The Labute approximate surface area is 65.0 Å². The van der Waals surface area contributed by atoms with E-state index < -0.39 is 0 Å². The number of hydrogen-bond acceptors (Lipinski definition) is 0. The molecule has 0 heterocycles. The van der Waals surface area contributed by atoms with Crippen molar-refractivity contribution in [2.24, 2.45) is 5.92 Å². The van der Waals surface area contributed by atoms with Crippen LogP contribution in [0.1, 0.15) is 46.0 Å². The third-order valence-corrected chi connectivity index (χ3v) is 1.88. The predicted molar refractivity (Wildman–Crippen MR) is 46.8 cm³/mol. The summed E-state index contributed by atoms with van der Waals surface area (Å²) < 4.78 is 0. The van der Waals surface area contributed by atoms with Crippen molar-refractivity contribution in [3.8, 4) is 12.3 Å². The molecule has 0 rings (SSSR count). The van der Waals surface area contributed by atoms with Crippen LogP contribution in [0.3, 0.4) is 0 Å². The lowest BCUT2D eigenvalue weighted by atomic mass is 10.00. The average molecular weight is 138 g/mol. The molecule has 10 heavy (non-hydrogen) atoms. The van der Waals surface area contributed by atoms with Gasteiger partial charge >= 0.3 is 0 Å². The van der Waals surface area contributed by atoms with E-state index in [0.29, 0.717) is 5.92 Å². The molecule has 0 spiro atoms. The summed E-state index contributed by atoms with van der Waals surface area (Å²) in [5.74, 6) is 3.34. The summed E-state index contributed by atoms with van der Waals surface area (Å²) in [6.07, 6.45) is 11.6. The summed E-state index contributed by atoms with van der Waals surface area (Å²) in [7, 11) is 0. The van der Waals surface area contributed by atoms with E-state index >= 15 is 0 Å². The molecule has 0 N–H and O–H groups in total. The van der Waals surface area contributed by atoms with Crippen molar-refractivity contribution in [2.75, 3.05) is 0 Å². The fraction of sp³-hybridized carbons (Fsp3) is 0.800. The van der Waals surface area contributed by atoms with Gasteiger partial charge in [-0.3, -0.25) is 0 Å². The number of hydrogen-bond donors (Lipinski definition) is 0. The molecule has 0 radical (unpaired) electrons. The maximum absolute atomic E-state index is 5.32. The van der Waals surface area contributed by atoms with Gasteiger partial charge in [-0.1, -0.05) is 33.1 Å². The van der Waals surface area contributed by atoms with Crippen LogP contribution < -0.4 is 0 Å². The first-order valence-electron chi connectivity index (χ1n) is 4.31. The monoisotopic (exact) mass is 138 g/mol. The first-order valence-corrected chi connectivity index (χ1v) is 4.31. The molecule has 0 aromatic carbocycles. The van der Waals surface area contributed by atoms with Crippen LogP contribution in [0.4, 0.5) is 0 Å². The van der Waals surface area contributed by atoms with Crippen molar-refractivity contribution in [3.05, 3.63) is 0 Å². The van der Waals surface area contributed by atoms with E-state index in [4.69, 9.17) is 6.42 Å². The molecule has 0 fully saturated rings. The highest BCUT2D eigenvalue weighted by molar-refractivity contribution is 4.91. The van der Waals surface area contributed by atoms with E-state index in [1.807, 2.05) is 0 Å². The highest BCUT2D eigenvalue weighted by atomic mass is 14.0. The predicted octanol–water partition coefficient (Wildman–Crippen LogP) is 3.23. The van der Waals surface area contributed by atoms with Gasteiger partial charge in [-0.2, -0.15) is 0 Å². The molecule has 0 aromatic heterocycles. The van der Waals surface area contributed by atoms with E-state index in [2.05, 4.69) is 19.8 Å². The lowest BCUT2D eigenvalue weighted by molar-refractivity contribution is 0.541. The lowest BCUT2D eigenvalue weighted by Gasteiger charge is -2.05. The van der Waals surface area contributed by atoms with Gasteiger partial charge in [0.15, 0.2) is 0 Å². The van der Waals surface area contributed by atoms with E-state index in [-0.39, 0.29) is 0 Å². The fourth-order valence-electron chi connectivity index (χ4n) is 1.05. The quantitative estimate of drug-likeness (QED) is 0.404. The molecule has 1 unspecified atom stereocenters. The Morgan fingerprint density at radius 1 is 1.30 bits per heavy atom. The molecule has 0 aliphatic carbocycles. The van der Waals surface area contributed by atoms with Crippen LogP contribution in [0.15, 0.2) is 0 Å². The Hall–Kier alpha value is -0.440. The Morgan fingerprint density at radius 2 is 2.00 bits per heavy atom. The van der Waals surface area contributed by atoms with Crippen LogP contribution in [-0.2, 0) is 0 Å². The third kappa shape index (κ3) is 4.44. The van der Waals surface area contributed by atoms with Crippen molar-refractivity contribution in [3.63, 3.8) is 0 Å².